The summed E-state index contributed by atoms with van der Waals surface area (Å²) in [6, 6.07) is 5.41. The molecule has 0 aliphatic rings. The van der Waals surface area contributed by atoms with Crippen LogP contribution in [0.2, 0.25) is 0 Å². The van der Waals surface area contributed by atoms with Crippen molar-refractivity contribution in [3.63, 3.8) is 0 Å². The van der Waals surface area contributed by atoms with Crippen molar-refractivity contribution in [1.82, 2.24) is 0 Å². The van der Waals surface area contributed by atoms with Gasteiger partial charge in [-0.05, 0) is 17.7 Å². The zero-order valence-corrected chi connectivity index (χ0v) is 12.0. The molecule has 114 valence electrons. The van der Waals surface area contributed by atoms with Gasteiger partial charge in [-0.1, -0.05) is 0 Å². The largest absolute Gasteiger partial charge is 0.497 e. The molecular formula is C14H23NO5. The summed E-state index contributed by atoms with van der Waals surface area (Å²) in [5, 5.41) is 9.72. The fraction of sp³-hybridized carbons (Fsp3) is 0.571. The Morgan fingerprint density at radius 1 is 1.10 bits per heavy atom. The number of rotatable bonds is 10. The Balaban J connectivity index is 2.40. The summed E-state index contributed by atoms with van der Waals surface area (Å²) < 4.78 is 20.7. The van der Waals surface area contributed by atoms with Crippen LogP contribution in [-0.2, 0) is 16.0 Å². The van der Waals surface area contributed by atoms with Gasteiger partial charge in [-0.2, -0.15) is 0 Å². The number of hydrogen-bond donors (Lipinski definition) is 2. The first-order valence-electron chi connectivity index (χ1n) is 6.45. The Kier molecular flexibility index (Phi) is 7.98. The molecular weight excluding hydrogens is 262 g/mol. The number of nitrogens with two attached hydrogens (primary N) is 1. The summed E-state index contributed by atoms with van der Waals surface area (Å²) >= 11 is 0. The molecule has 6 nitrogen and oxygen atoms in total. The Bertz CT molecular complexity index is 364. The molecule has 0 aromatic heterocycles. The summed E-state index contributed by atoms with van der Waals surface area (Å²) in [6.45, 7) is 1.70. The summed E-state index contributed by atoms with van der Waals surface area (Å²) in [5.74, 6) is 1.29. The molecule has 0 fully saturated rings. The first-order chi connectivity index (χ1) is 9.69. The number of benzene rings is 1. The van der Waals surface area contributed by atoms with Gasteiger partial charge in [0.2, 0.25) is 0 Å². The van der Waals surface area contributed by atoms with E-state index in [2.05, 4.69) is 0 Å². The van der Waals surface area contributed by atoms with Crippen LogP contribution in [0.1, 0.15) is 5.56 Å². The minimum Gasteiger partial charge on any atom is -0.497 e. The molecule has 0 amide bonds. The topological polar surface area (TPSA) is 83.2 Å². The van der Waals surface area contributed by atoms with E-state index in [1.807, 2.05) is 12.1 Å². The molecule has 0 aliphatic carbocycles. The third-order valence-corrected chi connectivity index (χ3v) is 2.60. The van der Waals surface area contributed by atoms with Crippen molar-refractivity contribution < 1.29 is 24.1 Å². The van der Waals surface area contributed by atoms with Gasteiger partial charge < -0.3 is 29.8 Å². The summed E-state index contributed by atoms with van der Waals surface area (Å²) in [6.07, 6.45) is -0.695. The van der Waals surface area contributed by atoms with Crippen LogP contribution < -0.4 is 15.2 Å². The molecule has 0 saturated carbocycles. The van der Waals surface area contributed by atoms with Gasteiger partial charge in [0, 0.05) is 19.7 Å². The smallest absolute Gasteiger partial charge is 0.123 e. The van der Waals surface area contributed by atoms with Crippen molar-refractivity contribution in [1.29, 1.82) is 0 Å². The van der Waals surface area contributed by atoms with E-state index < -0.39 is 6.10 Å². The molecule has 1 rings (SSSR count). The average Bonchev–Trinajstić information content (AvgIpc) is 2.49. The van der Waals surface area contributed by atoms with E-state index in [1.54, 1.807) is 20.3 Å². The van der Waals surface area contributed by atoms with Crippen LogP contribution in [0.3, 0.4) is 0 Å². The molecule has 0 radical (unpaired) electrons. The van der Waals surface area contributed by atoms with Gasteiger partial charge in [-0.3, -0.25) is 0 Å². The molecule has 1 atom stereocenters. The van der Waals surface area contributed by atoms with Gasteiger partial charge >= 0.3 is 0 Å². The number of ether oxygens (including phenoxy) is 4. The Morgan fingerprint density at radius 3 is 2.50 bits per heavy atom. The van der Waals surface area contributed by atoms with Crippen LogP contribution in [0, 0.1) is 0 Å². The van der Waals surface area contributed by atoms with Gasteiger partial charge in [0.15, 0.2) is 0 Å². The summed E-state index contributed by atoms with van der Waals surface area (Å²) in [5.41, 5.74) is 6.51. The average molecular weight is 285 g/mol. The fourth-order valence-electron chi connectivity index (χ4n) is 1.55. The fourth-order valence-corrected chi connectivity index (χ4v) is 1.55. The highest BCUT2D eigenvalue weighted by Crippen LogP contribution is 2.22. The number of aliphatic hydroxyl groups excluding tert-OH is 1. The number of aliphatic hydroxyl groups is 1. The molecule has 0 spiro atoms. The minimum atomic E-state index is -0.695. The van der Waals surface area contributed by atoms with Crippen molar-refractivity contribution in [2.24, 2.45) is 5.73 Å². The summed E-state index contributed by atoms with van der Waals surface area (Å²) in [7, 11) is 3.18. The lowest BCUT2D eigenvalue weighted by Gasteiger charge is -2.14. The van der Waals surface area contributed by atoms with Crippen LogP contribution in [0.4, 0.5) is 0 Å². The monoisotopic (exact) mass is 285 g/mol. The predicted octanol–water partition coefficient (Wildman–Crippen LogP) is 0.557. The van der Waals surface area contributed by atoms with E-state index in [4.69, 9.17) is 24.7 Å². The molecule has 0 heterocycles. The first-order valence-corrected chi connectivity index (χ1v) is 6.45. The van der Waals surface area contributed by atoms with Gasteiger partial charge in [0.25, 0.3) is 0 Å². The van der Waals surface area contributed by atoms with Crippen LogP contribution >= 0.6 is 0 Å². The zero-order valence-electron chi connectivity index (χ0n) is 12.0. The standard InChI is InChI=1S/C14H23NO5/c1-17-3-4-19-9-12(16)10-20-14-6-11(8-15)5-13(7-14)18-2/h5-7,12,16H,3-4,8-10,15H2,1-2H3. The lowest BCUT2D eigenvalue weighted by molar-refractivity contribution is -0.00422. The van der Waals surface area contributed by atoms with Gasteiger partial charge in [-0.25, -0.2) is 0 Å². The van der Waals surface area contributed by atoms with Gasteiger partial charge in [-0.15, -0.1) is 0 Å². The van der Waals surface area contributed by atoms with Crippen molar-refractivity contribution >= 4 is 0 Å². The lowest BCUT2D eigenvalue weighted by atomic mass is 10.2. The van der Waals surface area contributed by atoms with Crippen molar-refractivity contribution in [2.75, 3.05) is 40.6 Å². The normalized spacial score (nSPS) is 12.2. The van der Waals surface area contributed by atoms with E-state index in [0.29, 0.717) is 31.3 Å². The Hall–Kier alpha value is -1.34. The van der Waals surface area contributed by atoms with E-state index >= 15 is 0 Å². The van der Waals surface area contributed by atoms with E-state index in [0.717, 1.165) is 5.56 Å². The van der Waals surface area contributed by atoms with Crippen LogP contribution in [0.15, 0.2) is 18.2 Å². The Labute approximate surface area is 119 Å². The van der Waals surface area contributed by atoms with Crippen LogP contribution in [0.5, 0.6) is 11.5 Å². The lowest BCUT2D eigenvalue weighted by Crippen LogP contribution is -2.24. The highest BCUT2D eigenvalue weighted by atomic mass is 16.5. The number of hydrogen-bond acceptors (Lipinski definition) is 6. The van der Waals surface area contributed by atoms with Crippen molar-refractivity contribution in [3.05, 3.63) is 23.8 Å². The van der Waals surface area contributed by atoms with E-state index in [-0.39, 0.29) is 13.2 Å². The second-order valence-electron chi connectivity index (χ2n) is 4.25. The van der Waals surface area contributed by atoms with Crippen molar-refractivity contribution in [2.45, 2.75) is 12.6 Å². The maximum atomic E-state index is 9.72. The molecule has 20 heavy (non-hydrogen) atoms. The van der Waals surface area contributed by atoms with E-state index in [9.17, 15) is 5.11 Å². The Morgan fingerprint density at radius 2 is 1.85 bits per heavy atom. The second kappa shape index (κ2) is 9.55. The predicted molar refractivity (Wildman–Crippen MR) is 75.1 cm³/mol. The quantitative estimate of drug-likeness (QED) is 0.611. The second-order valence-corrected chi connectivity index (χ2v) is 4.25. The summed E-state index contributed by atoms with van der Waals surface area (Å²) in [4.78, 5) is 0. The molecule has 0 saturated heterocycles. The molecule has 3 N–H and O–H groups in total. The van der Waals surface area contributed by atoms with Gasteiger partial charge in [0.1, 0.15) is 24.2 Å². The molecule has 1 unspecified atom stereocenters. The van der Waals surface area contributed by atoms with Crippen LogP contribution in [0.25, 0.3) is 0 Å². The maximum absolute atomic E-state index is 9.72. The molecule has 1 aromatic carbocycles. The highest BCUT2D eigenvalue weighted by Gasteiger charge is 2.07. The SMILES string of the molecule is COCCOCC(O)COc1cc(CN)cc(OC)c1. The molecule has 0 aliphatic heterocycles. The molecule has 6 heteroatoms. The molecule has 1 aromatic rings. The van der Waals surface area contributed by atoms with Crippen molar-refractivity contribution in [3.8, 4) is 11.5 Å². The third kappa shape index (κ3) is 6.21. The minimum absolute atomic E-state index is 0.143. The van der Waals surface area contributed by atoms with Crippen LogP contribution in [-0.4, -0.2) is 51.9 Å². The molecule has 0 bridgehead atoms. The first kappa shape index (κ1) is 16.7. The highest BCUT2D eigenvalue weighted by molar-refractivity contribution is 5.38. The number of methoxy groups -OCH3 is 2. The third-order valence-electron chi connectivity index (χ3n) is 2.60. The van der Waals surface area contributed by atoms with Gasteiger partial charge in [0.05, 0.1) is 26.9 Å². The maximum Gasteiger partial charge on any atom is 0.123 e. The van der Waals surface area contributed by atoms with E-state index in [1.165, 1.54) is 0 Å². The zero-order chi connectivity index (χ0) is 14.8.